The third-order valence-electron chi connectivity index (χ3n) is 6.51. The van der Waals surface area contributed by atoms with Crippen LogP contribution in [0.5, 0.6) is 0 Å². The maximum atomic E-state index is 12.8. The number of imide groups is 1. The first-order valence-electron chi connectivity index (χ1n) is 10.4. The zero-order chi connectivity index (χ0) is 21.6. The van der Waals surface area contributed by atoms with Crippen LogP contribution < -0.4 is 4.90 Å². The Labute approximate surface area is 176 Å². The van der Waals surface area contributed by atoms with Gasteiger partial charge in [0, 0.05) is 39.3 Å². The number of rotatable bonds is 5. The molecule has 2 fully saturated rings. The van der Waals surface area contributed by atoms with Crippen molar-refractivity contribution in [3.05, 3.63) is 23.8 Å². The molecule has 3 amide bonds. The first-order valence-corrected chi connectivity index (χ1v) is 11.9. The lowest BCUT2D eigenvalue weighted by atomic mass is 9.81. The van der Waals surface area contributed by atoms with Crippen molar-refractivity contribution in [3.63, 3.8) is 0 Å². The Morgan fingerprint density at radius 1 is 1.10 bits per heavy atom. The van der Waals surface area contributed by atoms with Crippen LogP contribution in [-0.2, 0) is 30.8 Å². The van der Waals surface area contributed by atoms with Crippen molar-refractivity contribution in [1.82, 2.24) is 9.21 Å². The van der Waals surface area contributed by atoms with E-state index in [1.54, 1.807) is 17.0 Å². The molecule has 1 saturated heterocycles. The van der Waals surface area contributed by atoms with Crippen LogP contribution in [0.3, 0.4) is 0 Å². The molecule has 8 nitrogen and oxygen atoms in total. The van der Waals surface area contributed by atoms with Gasteiger partial charge >= 0.3 is 0 Å². The van der Waals surface area contributed by atoms with Crippen LogP contribution >= 0.6 is 0 Å². The zero-order valence-electron chi connectivity index (χ0n) is 17.3. The predicted molar refractivity (Wildman–Crippen MR) is 110 cm³/mol. The van der Waals surface area contributed by atoms with Crippen LogP contribution in [-0.4, -0.2) is 62.5 Å². The molecule has 0 aromatic heterocycles. The number of likely N-dealkylation sites (tertiary alicyclic amines) is 1. The monoisotopic (exact) mass is 433 g/mol. The third kappa shape index (κ3) is 3.43. The summed E-state index contributed by atoms with van der Waals surface area (Å²) in [5, 5.41) is 0. The molecule has 1 aliphatic carbocycles. The lowest BCUT2D eigenvalue weighted by Gasteiger charge is -2.20. The average Bonchev–Trinajstić information content (AvgIpc) is 3.26. The number of hydrogen-bond acceptors (Lipinski definition) is 5. The minimum atomic E-state index is -3.53. The average molecular weight is 434 g/mol. The molecule has 2 atom stereocenters. The quantitative estimate of drug-likeness (QED) is 0.654. The molecule has 0 unspecified atom stereocenters. The molecule has 9 heteroatoms. The van der Waals surface area contributed by atoms with Crippen LogP contribution in [0, 0.1) is 11.8 Å². The van der Waals surface area contributed by atoms with Gasteiger partial charge in [-0.25, -0.2) is 12.7 Å². The minimum absolute atomic E-state index is 0.0775. The van der Waals surface area contributed by atoms with Gasteiger partial charge in [0.25, 0.3) is 0 Å². The van der Waals surface area contributed by atoms with E-state index in [0.29, 0.717) is 18.7 Å². The van der Waals surface area contributed by atoms with Gasteiger partial charge in [0.05, 0.1) is 16.7 Å². The van der Waals surface area contributed by atoms with Gasteiger partial charge in [0.1, 0.15) is 0 Å². The van der Waals surface area contributed by atoms with Crippen molar-refractivity contribution in [2.45, 2.75) is 43.4 Å². The Kier molecular flexibility index (Phi) is 5.44. The van der Waals surface area contributed by atoms with Crippen molar-refractivity contribution in [1.29, 1.82) is 0 Å². The Morgan fingerprint density at radius 2 is 1.73 bits per heavy atom. The molecule has 1 saturated carbocycles. The molecule has 162 valence electrons. The lowest BCUT2D eigenvalue weighted by molar-refractivity contribution is -0.140. The highest BCUT2D eigenvalue weighted by Gasteiger charge is 2.48. The molecule has 0 bridgehead atoms. The van der Waals surface area contributed by atoms with Crippen molar-refractivity contribution in [2.75, 3.05) is 32.1 Å². The van der Waals surface area contributed by atoms with E-state index in [2.05, 4.69) is 0 Å². The number of carbonyl (C=O) groups is 3. The van der Waals surface area contributed by atoms with E-state index in [1.807, 2.05) is 0 Å². The first-order chi connectivity index (χ1) is 14.2. The summed E-state index contributed by atoms with van der Waals surface area (Å²) < 4.78 is 25.8. The predicted octanol–water partition coefficient (Wildman–Crippen LogP) is 1.39. The van der Waals surface area contributed by atoms with Crippen LogP contribution in [0.25, 0.3) is 0 Å². The number of amides is 3. The second-order valence-electron chi connectivity index (χ2n) is 8.45. The number of nitrogens with zero attached hydrogens (tertiary/aromatic N) is 3. The molecule has 3 aliphatic rings. The van der Waals surface area contributed by atoms with E-state index in [4.69, 9.17) is 0 Å². The first kappa shape index (κ1) is 21.0. The van der Waals surface area contributed by atoms with E-state index in [1.165, 1.54) is 25.1 Å². The SMILES string of the molecule is CN(C)S(=O)(=O)c1ccc2c(c1)CCN2C(=O)CCN1C(=O)[C@H]2CCCC[C@@H]2C1=O. The van der Waals surface area contributed by atoms with E-state index < -0.39 is 10.0 Å². The van der Waals surface area contributed by atoms with E-state index >= 15 is 0 Å². The van der Waals surface area contributed by atoms with Crippen molar-refractivity contribution in [2.24, 2.45) is 11.8 Å². The van der Waals surface area contributed by atoms with Crippen molar-refractivity contribution >= 4 is 33.4 Å². The Morgan fingerprint density at radius 3 is 2.33 bits per heavy atom. The number of carbonyl (C=O) groups excluding carboxylic acids is 3. The molecule has 2 aliphatic heterocycles. The Balaban J connectivity index is 1.44. The van der Waals surface area contributed by atoms with Crippen LogP contribution in [0.2, 0.25) is 0 Å². The van der Waals surface area contributed by atoms with Gasteiger partial charge in [-0.05, 0) is 43.0 Å². The van der Waals surface area contributed by atoms with Crippen molar-refractivity contribution in [3.8, 4) is 0 Å². The molecule has 30 heavy (non-hydrogen) atoms. The molecule has 4 rings (SSSR count). The van der Waals surface area contributed by atoms with Crippen LogP contribution in [0.15, 0.2) is 23.1 Å². The Hall–Kier alpha value is -2.26. The van der Waals surface area contributed by atoms with Crippen LogP contribution in [0.4, 0.5) is 5.69 Å². The molecular formula is C21H27N3O5S. The summed E-state index contributed by atoms with van der Waals surface area (Å²) in [6.07, 6.45) is 4.12. The normalized spacial score (nSPS) is 23.8. The molecule has 0 spiro atoms. The second kappa shape index (κ2) is 7.77. The molecule has 2 heterocycles. The molecular weight excluding hydrogens is 406 g/mol. The molecule has 1 aromatic rings. The highest BCUT2D eigenvalue weighted by molar-refractivity contribution is 7.89. The number of anilines is 1. The fourth-order valence-electron chi connectivity index (χ4n) is 4.80. The van der Waals surface area contributed by atoms with Gasteiger partial charge in [-0.15, -0.1) is 0 Å². The molecule has 0 radical (unpaired) electrons. The summed E-state index contributed by atoms with van der Waals surface area (Å²) in [4.78, 5) is 41.1. The standard InChI is InChI=1S/C21H27N3O5S/c1-22(2)30(28,29)15-7-8-18-14(13-15)9-11-23(18)19(25)10-12-24-20(26)16-5-3-4-6-17(16)21(24)27/h7-8,13,16-17H,3-6,9-12H2,1-2H3/t16-,17-/m0/s1. The topological polar surface area (TPSA) is 95.1 Å². The fraction of sp³-hybridized carbons (Fsp3) is 0.571. The lowest BCUT2D eigenvalue weighted by Crippen LogP contribution is -2.36. The summed E-state index contributed by atoms with van der Waals surface area (Å²) >= 11 is 0. The summed E-state index contributed by atoms with van der Waals surface area (Å²) in [5.74, 6) is -0.819. The highest BCUT2D eigenvalue weighted by atomic mass is 32.2. The van der Waals surface area contributed by atoms with Gasteiger partial charge in [-0.3, -0.25) is 19.3 Å². The second-order valence-corrected chi connectivity index (χ2v) is 10.6. The maximum absolute atomic E-state index is 12.8. The van der Waals surface area contributed by atoms with Gasteiger partial charge in [0.2, 0.25) is 27.7 Å². The zero-order valence-corrected chi connectivity index (χ0v) is 18.2. The Bertz CT molecular complexity index is 980. The highest BCUT2D eigenvalue weighted by Crippen LogP contribution is 2.38. The van der Waals surface area contributed by atoms with Crippen molar-refractivity contribution < 1.29 is 22.8 Å². The van der Waals surface area contributed by atoms with Gasteiger partial charge in [-0.2, -0.15) is 0 Å². The maximum Gasteiger partial charge on any atom is 0.242 e. The van der Waals surface area contributed by atoms with E-state index in [9.17, 15) is 22.8 Å². The summed E-state index contributed by atoms with van der Waals surface area (Å²) in [6.45, 7) is 0.579. The number of sulfonamides is 1. The number of fused-ring (bicyclic) bond motifs is 2. The van der Waals surface area contributed by atoms with Crippen LogP contribution in [0.1, 0.15) is 37.7 Å². The fourth-order valence-corrected chi connectivity index (χ4v) is 5.76. The van der Waals surface area contributed by atoms with Gasteiger partial charge in [-0.1, -0.05) is 12.8 Å². The largest absolute Gasteiger partial charge is 0.312 e. The van der Waals surface area contributed by atoms with Gasteiger partial charge < -0.3 is 4.90 Å². The minimum Gasteiger partial charge on any atom is -0.312 e. The number of benzene rings is 1. The molecule has 0 N–H and O–H groups in total. The smallest absolute Gasteiger partial charge is 0.242 e. The summed E-state index contributed by atoms with van der Waals surface area (Å²) in [5.41, 5.74) is 1.51. The van der Waals surface area contributed by atoms with E-state index in [-0.39, 0.29) is 47.4 Å². The summed E-state index contributed by atoms with van der Waals surface area (Å²) in [6, 6.07) is 4.80. The number of hydrogen-bond donors (Lipinski definition) is 0. The summed E-state index contributed by atoms with van der Waals surface area (Å²) in [7, 11) is -0.569. The van der Waals surface area contributed by atoms with E-state index in [0.717, 1.165) is 35.6 Å². The third-order valence-corrected chi connectivity index (χ3v) is 8.32. The molecule has 1 aromatic carbocycles. The van der Waals surface area contributed by atoms with Gasteiger partial charge in [0.15, 0.2) is 0 Å².